The van der Waals surface area contributed by atoms with Crippen LogP contribution >= 0.6 is 0 Å². The van der Waals surface area contributed by atoms with Crippen molar-refractivity contribution in [1.29, 1.82) is 0 Å². The maximum atomic E-state index is 10.3. The lowest BCUT2D eigenvalue weighted by Gasteiger charge is -1.96. The third-order valence-corrected chi connectivity index (χ3v) is 2.77. The second-order valence-corrected chi connectivity index (χ2v) is 4.32. The van der Waals surface area contributed by atoms with E-state index in [4.69, 9.17) is 10.2 Å². The Labute approximate surface area is 117 Å². The molecule has 0 aliphatic heterocycles. The molecule has 0 fully saturated rings. The van der Waals surface area contributed by atoms with E-state index in [-0.39, 0.29) is 11.5 Å². The number of carbonyl (C=O) groups is 2. The Kier molecular flexibility index (Phi) is 5.47. The minimum atomic E-state index is 0.132. The van der Waals surface area contributed by atoms with Gasteiger partial charge in [-0.1, -0.05) is 6.07 Å². The van der Waals surface area contributed by atoms with E-state index in [1.165, 1.54) is 12.1 Å². The van der Waals surface area contributed by atoms with Gasteiger partial charge in [-0.05, 0) is 55.3 Å². The van der Waals surface area contributed by atoms with E-state index in [1.807, 2.05) is 6.92 Å². The highest BCUT2D eigenvalue weighted by Crippen LogP contribution is 2.14. The second-order valence-electron chi connectivity index (χ2n) is 4.32. The van der Waals surface area contributed by atoms with Gasteiger partial charge < -0.3 is 10.2 Å². The molecule has 0 atom stereocenters. The maximum Gasteiger partial charge on any atom is 0.150 e. The van der Waals surface area contributed by atoms with Crippen molar-refractivity contribution >= 4 is 12.6 Å². The summed E-state index contributed by atoms with van der Waals surface area (Å²) in [4.78, 5) is 20.5. The van der Waals surface area contributed by atoms with Gasteiger partial charge in [0.25, 0.3) is 0 Å². The van der Waals surface area contributed by atoms with Crippen molar-refractivity contribution in [2.75, 3.05) is 0 Å². The van der Waals surface area contributed by atoms with Crippen LogP contribution in [0.25, 0.3) is 0 Å². The van der Waals surface area contributed by atoms with Gasteiger partial charge in [0.1, 0.15) is 24.1 Å². The van der Waals surface area contributed by atoms with E-state index >= 15 is 0 Å². The molecule has 0 bridgehead atoms. The van der Waals surface area contributed by atoms with Crippen molar-refractivity contribution in [2.45, 2.75) is 13.8 Å². The molecule has 2 aromatic carbocycles. The summed E-state index contributed by atoms with van der Waals surface area (Å²) in [6.45, 7) is 3.60. The molecule has 4 heteroatoms. The number of benzene rings is 2. The fourth-order valence-electron chi connectivity index (χ4n) is 1.55. The minimum absolute atomic E-state index is 0.132. The molecule has 0 saturated carbocycles. The number of hydrogen-bond donors (Lipinski definition) is 2. The molecule has 4 nitrogen and oxygen atoms in total. The molecule has 0 amide bonds. The van der Waals surface area contributed by atoms with Gasteiger partial charge in [0.15, 0.2) is 0 Å². The Hall–Kier alpha value is -2.62. The largest absolute Gasteiger partial charge is 0.508 e. The first-order valence-electron chi connectivity index (χ1n) is 5.97. The zero-order chi connectivity index (χ0) is 15.1. The first-order chi connectivity index (χ1) is 9.47. The standard InChI is InChI=1S/2C8H8O2/c1-6-4-8(10)3-2-7(6)5-9;1-6-2-3-8(10)4-7(6)5-9/h2*2-5,10H,1H3. The smallest absolute Gasteiger partial charge is 0.150 e. The summed E-state index contributed by atoms with van der Waals surface area (Å²) in [6, 6.07) is 9.36. The predicted molar refractivity (Wildman–Crippen MR) is 76.5 cm³/mol. The topological polar surface area (TPSA) is 74.6 Å². The molecule has 0 aliphatic rings. The third kappa shape index (κ3) is 4.24. The molecular formula is C16H16O4. The van der Waals surface area contributed by atoms with Crippen LogP contribution in [0.3, 0.4) is 0 Å². The van der Waals surface area contributed by atoms with Crippen LogP contribution in [0.4, 0.5) is 0 Å². The van der Waals surface area contributed by atoms with Crippen LogP contribution in [0.5, 0.6) is 11.5 Å². The number of aldehydes is 2. The number of phenolic OH excluding ortho intramolecular Hbond substituents is 2. The van der Waals surface area contributed by atoms with E-state index in [1.54, 1.807) is 31.2 Å². The normalized spacial score (nSPS) is 9.30. The van der Waals surface area contributed by atoms with E-state index in [0.29, 0.717) is 11.1 Å². The Morgan fingerprint density at radius 1 is 0.750 bits per heavy atom. The number of rotatable bonds is 2. The van der Waals surface area contributed by atoms with Gasteiger partial charge in [0.2, 0.25) is 0 Å². The van der Waals surface area contributed by atoms with Gasteiger partial charge in [-0.2, -0.15) is 0 Å². The Balaban J connectivity index is 0.000000200. The summed E-state index contributed by atoms with van der Waals surface area (Å²) in [5.74, 6) is 0.329. The number of aryl methyl sites for hydroxylation is 2. The van der Waals surface area contributed by atoms with Gasteiger partial charge in [0, 0.05) is 11.1 Å². The Bertz CT molecular complexity index is 618. The van der Waals surface area contributed by atoms with Crippen molar-refractivity contribution in [3.8, 4) is 11.5 Å². The van der Waals surface area contributed by atoms with Crippen LogP contribution in [-0.4, -0.2) is 22.8 Å². The maximum absolute atomic E-state index is 10.3. The van der Waals surface area contributed by atoms with Gasteiger partial charge in [0.05, 0.1) is 0 Å². The van der Waals surface area contributed by atoms with E-state index in [2.05, 4.69) is 0 Å². The number of phenols is 2. The van der Waals surface area contributed by atoms with Crippen LogP contribution in [0.15, 0.2) is 36.4 Å². The predicted octanol–water partition coefficient (Wildman–Crippen LogP) is 3.03. The third-order valence-electron chi connectivity index (χ3n) is 2.77. The SMILES string of the molecule is Cc1cc(O)ccc1C=O.Cc1ccc(O)cc1C=O. The summed E-state index contributed by atoms with van der Waals surface area (Å²) < 4.78 is 0. The van der Waals surface area contributed by atoms with Crippen molar-refractivity contribution in [2.24, 2.45) is 0 Å². The molecular weight excluding hydrogens is 256 g/mol. The molecule has 2 N–H and O–H groups in total. The van der Waals surface area contributed by atoms with E-state index in [9.17, 15) is 9.59 Å². The second kappa shape index (κ2) is 7.09. The number of carbonyl (C=O) groups excluding carboxylic acids is 2. The zero-order valence-corrected chi connectivity index (χ0v) is 11.3. The number of aromatic hydroxyl groups is 2. The summed E-state index contributed by atoms with van der Waals surface area (Å²) >= 11 is 0. The lowest BCUT2D eigenvalue weighted by Crippen LogP contribution is -1.83. The van der Waals surface area contributed by atoms with E-state index < -0.39 is 0 Å². The summed E-state index contributed by atoms with van der Waals surface area (Å²) in [5, 5.41) is 17.8. The Morgan fingerprint density at radius 3 is 1.80 bits per heavy atom. The van der Waals surface area contributed by atoms with Crippen molar-refractivity contribution < 1.29 is 19.8 Å². The molecule has 0 radical (unpaired) electrons. The summed E-state index contributed by atoms with van der Waals surface area (Å²) in [5.41, 5.74) is 2.85. The average Bonchev–Trinajstić information content (AvgIpc) is 2.42. The summed E-state index contributed by atoms with van der Waals surface area (Å²) in [7, 11) is 0. The highest BCUT2D eigenvalue weighted by atomic mass is 16.3. The zero-order valence-electron chi connectivity index (χ0n) is 11.3. The fourth-order valence-corrected chi connectivity index (χ4v) is 1.55. The first kappa shape index (κ1) is 15.4. The average molecular weight is 272 g/mol. The lowest BCUT2D eigenvalue weighted by atomic mass is 10.1. The van der Waals surface area contributed by atoms with Crippen molar-refractivity contribution in [1.82, 2.24) is 0 Å². The van der Waals surface area contributed by atoms with Gasteiger partial charge in [-0.25, -0.2) is 0 Å². The molecule has 0 unspecified atom stereocenters. The molecule has 0 saturated heterocycles. The quantitative estimate of drug-likeness (QED) is 0.824. The minimum Gasteiger partial charge on any atom is -0.508 e. The van der Waals surface area contributed by atoms with Crippen LogP contribution in [0.1, 0.15) is 31.8 Å². The highest BCUT2D eigenvalue weighted by molar-refractivity contribution is 5.78. The molecule has 104 valence electrons. The van der Waals surface area contributed by atoms with Crippen LogP contribution in [-0.2, 0) is 0 Å². The lowest BCUT2D eigenvalue weighted by molar-refractivity contribution is 0.111. The van der Waals surface area contributed by atoms with Gasteiger partial charge >= 0.3 is 0 Å². The monoisotopic (exact) mass is 272 g/mol. The highest BCUT2D eigenvalue weighted by Gasteiger charge is 1.96. The van der Waals surface area contributed by atoms with Crippen molar-refractivity contribution in [3.63, 3.8) is 0 Å². The van der Waals surface area contributed by atoms with E-state index in [0.717, 1.165) is 23.7 Å². The molecule has 2 rings (SSSR count). The first-order valence-corrected chi connectivity index (χ1v) is 5.97. The molecule has 20 heavy (non-hydrogen) atoms. The molecule has 2 aromatic rings. The fraction of sp³-hybridized carbons (Fsp3) is 0.125. The van der Waals surface area contributed by atoms with Gasteiger partial charge in [-0.15, -0.1) is 0 Å². The van der Waals surface area contributed by atoms with Crippen LogP contribution in [0, 0.1) is 13.8 Å². The number of hydrogen-bond acceptors (Lipinski definition) is 4. The molecule has 0 spiro atoms. The van der Waals surface area contributed by atoms with Crippen molar-refractivity contribution in [3.05, 3.63) is 58.7 Å². The summed E-state index contributed by atoms with van der Waals surface area (Å²) in [6.07, 6.45) is 1.50. The molecule has 0 aromatic heterocycles. The van der Waals surface area contributed by atoms with Crippen LogP contribution < -0.4 is 0 Å². The van der Waals surface area contributed by atoms with Crippen LogP contribution in [0.2, 0.25) is 0 Å². The Morgan fingerprint density at radius 2 is 1.30 bits per heavy atom. The molecule has 0 aliphatic carbocycles. The van der Waals surface area contributed by atoms with Gasteiger partial charge in [-0.3, -0.25) is 9.59 Å². The molecule has 0 heterocycles.